The van der Waals surface area contributed by atoms with Crippen molar-refractivity contribution in [2.45, 2.75) is 20.0 Å². The summed E-state index contributed by atoms with van der Waals surface area (Å²) >= 11 is 0. The third kappa shape index (κ3) is 3.99. The van der Waals surface area contributed by atoms with Gasteiger partial charge in [-0.15, -0.1) is 0 Å². The van der Waals surface area contributed by atoms with Crippen LogP contribution in [-0.4, -0.2) is 11.9 Å². The Balaban J connectivity index is 1.69. The largest absolute Gasteiger partial charge is 0.483 e. The highest BCUT2D eigenvalue weighted by Crippen LogP contribution is 2.23. The van der Waals surface area contributed by atoms with E-state index in [0.29, 0.717) is 16.9 Å². The molecule has 0 amide bonds. The number of carbonyl (C=O) groups excluding carboxylic acids is 1. The van der Waals surface area contributed by atoms with Crippen LogP contribution in [-0.2, 0) is 0 Å². The fraction of sp³-hybridized carbons (Fsp3) is 0.130. The molecule has 0 bridgehead atoms. The van der Waals surface area contributed by atoms with Crippen molar-refractivity contribution in [3.63, 3.8) is 0 Å². The van der Waals surface area contributed by atoms with Gasteiger partial charge >= 0.3 is 0 Å². The second-order valence-corrected chi connectivity index (χ2v) is 6.20. The van der Waals surface area contributed by atoms with E-state index >= 15 is 0 Å². The minimum Gasteiger partial charge on any atom is -0.483 e. The van der Waals surface area contributed by atoms with Crippen LogP contribution >= 0.6 is 0 Å². The van der Waals surface area contributed by atoms with E-state index < -0.39 is 6.10 Å². The van der Waals surface area contributed by atoms with Gasteiger partial charge in [-0.2, -0.15) is 5.26 Å². The van der Waals surface area contributed by atoms with E-state index in [1.165, 1.54) is 0 Å². The van der Waals surface area contributed by atoms with Gasteiger partial charge < -0.3 is 4.74 Å². The van der Waals surface area contributed by atoms with E-state index in [2.05, 4.69) is 6.07 Å². The maximum absolute atomic E-state index is 12.5. The number of carbonyl (C=O) groups is 1. The summed E-state index contributed by atoms with van der Waals surface area (Å²) in [6.45, 7) is 3.75. The van der Waals surface area contributed by atoms with Crippen molar-refractivity contribution in [3.05, 3.63) is 89.5 Å². The van der Waals surface area contributed by atoms with Crippen LogP contribution in [0, 0.1) is 18.3 Å². The van der Waals surface area contributed by atoms with Crippen LogP contribution in [0.4, 0.5) is 0 Å². The van der Waals surface area contributed by atoms with Crippen molar-refractivity contribution in [2.24, 2.45) is 0 Å². The monoisotopic (exact) mass is 341 g/mol. The summed E-state index contributed by atoms with van der Waals surface area (Å²) in [5.74, 6) is 0.608. The van der Waals surface area contributed by atoms with E-state index in [1.54, 1.807) is 19.1 Å². The van der Waals surface area contributed by atoms with Crippen LogP contribution in [0.3, 0.4) is 0 Å². The van der Waals surface area contributed by atoms with Crippen LogP contribution in [0.2, 0.25) is 0 Å². The Bertz CT molecular complexity index is 933. The minimum absolute atomic E-state index is 0.0406. The number of hydrogen-bond donors (Lipinski definition) is 0. The van der Waals surface area contributed by atoms with Gasteiger partial charge in [-0.05, 0) is 49.2 Å². The molecule has 0 N–H and O–H groups in total. The quantitative estimate of drug-likeness (QED) is 0.601. The van der Waals surface area contributed by atoms with E-state index in [-0.39, 0.29) is 5.78 Å². The van der Waals surface area contributed by atoms with Crippen LogP contribution in [0.15, 0.2) is 72.8 Å². The van der Waals surface area contributed by atoms with Crippen LogP contribution in [0.1, 0.15) is 28.4 Å². The molecule has 0 unspecified atom stereocenters. The molecule has 0 aromatic heterocycles. The van der Waals surface area contributed by atoms with Gasteiger partial charge in [0, 0.05) is 5.56 Å². The van der Waals surface area contributed by atoms with Gasteiger partial charge in [0.1, 0.15) is 5.75 Å². The van der Waals surface area contributed by atoms with Gasteiger partial charge in [0.2, 0.25) is 5.78 Å². The summed E-state index contributed by atoms with van der Waals surface area (Å²) in [7, 11) is 0. The smallest absolute Gasteiger partial charge is 0.202 e. The van der Waals surface area contributed by atoms with Gasteiger partial charge in [0.15, 0.2) is 6.10 Å². The van der Waals surface area contributed by atoms with Gasteiger partial charge in [-0.3, -0.25) is 4.79 Å². The zero-order valence-corrected chi connectivity index (χ0v) is 14.8. The molecule has 0 spiro atoms. The molecular formula is C23H19NO2. The molecule has 0 saturated carbocycles. The summed E-state index contributed by atoms with van der Waals surface area (Å²) in [6.07, 6.45) is -0.557. The van der Waals surface area contributed by atoms with Crippen LogP contribution < -0.4 is 4.74 Å². The lowest BCUT2D eigenvalue weighted by Crippen LogP contribution is -2.23. The first-order valence-electron chi connectivity index (χ1n) is 8.45. The van der Waals surface area contributed by atoms with Gasteiger partial charge in [0.05, 0.1) is 11.6 Å². The molecule has 3 rings (SSSR count). The molecule has 26 heavy (non-hydrogen) atoms. The number of nitrogens with zero attached hydrogens (tertiary/aromatic N) is 1. The average Bonchev–Trinajstić information content (AvgIpc) is 2.68. The normalized spacial score (nSPS) is 11.4. The highest BCUT2D eigenvalue weighted by atomic mass is 16.5. The van der Waals surface area contributed by atoms with E-state index in [0.717, 1.165) is 16.7 Å². The molecule has 0 saturated heterocycles. The third-order valence-electron chi connectivity index (χ3n) is 4.22. The van der Waals surface area contributed by atoms with Crippen molar-refractivity contribution in [3.8, 4) is 22.9 Å². The number of ketones is 1. The summed E-state index contributed by atoms with van der Waals surface area (Å²) < 4.78 is 5.80. The Morgan fingerprint density at radius 2 is 1.42 bits per heavy atom. The highest BCUT2D eigenvalue weighted by molar-refractivity contribution is 5.99. The average molecular weight is 341 g/mol. The lowest BCUT2D eigenvalue weighted by atomic mass is 10.0. The predicted octanol–water partition coefficient (Wildman–Crippen LogP) is 5.18. The molecule has 3 aromatic rings. The number of Topliss-reactive ketones (excluding diaryl/α,β-unsaturated/α-hetero) is 1. The zero-order valence-electron chi connectivity index (χ0n) is 14.8. The number of aryl methyl sites for hydroxylation is 1. The van der Waals surface area contributed by atoms with Crippen molar-refractivity contribution in [1.29, 1.82) is 5.26 Å². The number of ether oxygens (including phenoxy) is 1. The first kappa shape index (κ1) is 17.4. The van der Waals surface area contributed by atoms with Crippen molar-refractivity contribution in [2.75, 3.05) is 0 Å². The predicted molar refractivity (Wildman–Crippen MR) is 102 cm³/mol. The number of hydrogen-bond acceptors (Lipinski definition) is 3. The highest BCUT2D eigenvalue weighted by Gasteiger charge is 2.16. The molecule has 0 aliphatic carbocycles. The summed E-state index contributed by atoms with van der Waals surface area (Å²) in [6, 6.07) is 24.6. The maximum atomic E-state index is 12.5. The Hall–Kier alpha value is -3.38. The molecule has 3 heteroatoms. The summed E-state index contributed by atoms with van der Waals surface area (Å²) in [4.78, 5) is 12.5. The van der Waals surface area contributed by atoms with Crippen LogP contribution in [0.5, 0.6) is 5.75 Å². The topological polar surface area (TPSA) is 50.1 Å². The van der Waals surface area contributed by atoms with Gasteiger partial charge in [-0.1, -0.05) is 54.1 Å². The molecule has 128 valence electrons. The van der Waals surface area contributed by atoms with Gasteiger partial charge in [-0.25, -0.2) is 0 Å². The Morgan fingerprint density at radius 1 is 0.885 bits per heavy atom. The first-order valence-corrected chi connectivity index (χ1v) is 8.45. The Morgan fingerprint density at radius 3 is 1.96 bits per heavy atom. The lowest BCUT2D eigenvalue weighted by molar-refractivity contribution is 0.0818. The Labute approximate surface area is 153 Å². The van der Waals surface area contributed by atoms with Crippen molar-refractivity contribution < 1.29 is 9.53 Å². The summed E-state index contributed by atoms with van der Waals surface area (Å²) in [5, 5.41) is 8.87. The Kier molecular flexibility index (Phi) is 5.15. The maximum Gasteiger partial charge on any atom is 0.202 e. The lowest BCUT2D eigenvalue weighted by Gasteiger charge is -2.14. The standard InChI is InChI=1S/C23H19NO2/c1-16-3-7-21(8-4-16)23(25)17(2)26-22-13-11-20(12-14-22)19-9-5-18(15-24)6-10-19/h3-14,17H,1-2H3/t17-/m0/s1. The van der Waals surface area contributed by atoms with E-state index in [9.17, 15) is 4.79 Å². The SMILES string of the molecule is Cc1ccc(C(=O)[C@H](C)Oc2ccc(-c3ccc(C#N)cc3)cc2)cc1. The fourth-order valence-electron chi connectivity index (χ4n) is 2.67. The van der Waals surface area contributed by atoms with Crippen LogP contribution in [0.25, 0.3) is 11.1 Å². The molecule has 0 fully saturated rings. The first-order chi connectivity index (χ1) is 12.6. The molecule has 3 aromatic carbocycles. The number of rotatable bonds is 5. The minimum atomic E-state index is -0.557. The molecule has 1 atom stereocenters. The number of nitriles is 1. The fourth-order valence-corrected chi connectivity index (χ4v) is 2.67. The molecule has 0 radical (unpaired) electrons. The summed E-state index contributed by atoms with van der Waals surface area (Å²) in [5.41, 5.74) is 4.46. The second-order valence-electron chi connectivity index (χ2n) is 6.20. The molecule has 0 heterocycles. The molecule has 0 aliphatic rings. The molecule has 3 nitrogen and oxygen atoms in total. The number of benzene rings is 3. The van der Waals surface area contributed by atoms with Crippen molar-refractivity contribution in [1.82, 2.24) is 0 Å². The third-order valence-corrected chi connectivity index (χ3v) is 4.22. The van der Waals surface area contributed by atoms with E-state index in [4.69, 9.17) is 10.00 Å². The van der Waals surface area contributed by atoms with Gasteiger partial charge in [0.25, 0.3) is 0 Å². The molecular weight excluding hydrogens is 322 g/mol. The van der Waals surface area contributed by atoms with Crippen molar-refractivity contribution >= 4 is 5.78 Å². The van der Waals surface area contributed by atoms with E-state index in [1.807, 2.05) is 67.6 Å². The molecule has 0 aliphatic heterocycles. The second kappa shape index (κ2) is 7.67. The zero-order chi connectivity index (χ0) is 18.5.